The molecule has 0 saturated heterocycles. The molecular formula is C19H19F2N5O2S. The molecule has 10 heteroatoms. The van der Waals surface area contributed by atoms with Gasteiger partial charge in [0.2, 0.25) is 0 Å². The second kappa shape index (κ2) is 8.00. The lowest BCUT2D eigenvalue weighted by atomic mass is 10.3. The molecule has 0 bridgehead atoms. The summed E-state index contributed by atoms with van der Waals surface area (Å²) in [4.78, 5) is 9.45. The van der Waals surface area contributed by atoms with Crippen molar-refractivity contribution in [2.24, 2.45) is 0 Å². The first-order valence-corrected chi connectivity index (χ1v) is 10.0. The van der Waals surface area contributed by atoms with Gasteiger partial charge < -0.3 is 10.2 Å². The molecule has 0 saturated carbocycles. The Hall–Kier alpha value is -3.27. The van der Waals surface area contributed by atoms with Crippen LogP contribution in [0.5, 0.6) is 0 Å². The van der Waals surface area contributed by atoms with Crippen LogP contribution in [0.3, 0.4) is 0 Å². The molecule has 3 rings (SSSR count). The minimum absolute atomic E-state index is 0.158. The molecule has 2 aromatic carbocycles. The predicted octanol–water partition coefficient (Wildman–Crippen LogP) is 3.67. The molecule has 29 heavy (non-hydrogen) atoms. The molecule has 0 aliphatic carbocycles. The van der Waals surface area contributed by atoms with Gasteiger partial charge in [0.05, 0.1) is 0 Å². The van der Waals surface area contributed by atoms with E-state index in [4.69, 9.17) is 0 Å². The molecule has 0 aliphatic heterocycles. The van der Waals surface area contributed by atoms with Crippen LogP contribution in [0, 0.1) is 18.6 Å². The number of nitrogens with zero attached hydrogens (tertiary/aromatic N) is 3. The lowest BCUT2D eigenvalue weighted by molar-refractivity contribution is 0.521. The number of nitrogens with one attached hydrogen (secondary N) is 2. The van der Waals surface area contributed by atoms with Gasteiger partial charge in [0, 0.05) is 31.5 Å². The van der Waals surface area contributed by atoms with Crippen molar-refractivity contribution < 1.29 is 17.2 Å². The summed E-state index contributed by atoms with van der Waals surface area (Å²) in [6.45, 7) is 1.78. The van der Waals surface area contributed by atoms with Crippen LogP contribution in [-0.4, -0.2) is 32.5 Å². The highest BCUT2D eigenvalue weighted by atomic mass is 32.2. The van der Waals surface area contributed by atoms with Gasteiger partial charge in [-0.1, -0.05) is 6.07 Å². The van der Waals surface area contributed by atoms with Crippen LogP contribution < -0.4 is 14.9 Å². The van der Waals surface area contributed by atoms with Crippen LogP contribution in [0.25, 0.3) is 0 Å². The number of hydrogen-bond donors (Lipinski definition) is 2. The van der Waals surface area contributed by atoms with E-state index in [1.165, 1.54) is 12.1 Å². The zero-order valence-corrected chi connectivity index (χ0v) is 16.8. The Balaban J connectivity index is 1.79. The number of aryl methyl sites for hydroxylation is 1. The minimum Gasteiger partial charge on any atom is -0.363 e. The molecule has 7 nitrogen and oxygen atoms in total. The van der Waals surface area contributed by atoms with E-state index in [-0.39, 0.29) is 5.69 Å². The maximum absolute atomic E-state index is 13.8. The van der Waals surface area contributed by atoms with Crippen LogP contribution >= 0.6 is 0 Å². The molecule has 0 atom stereocenters. The highest BCUT2D eigenvalue weighted by Crippen LogP contribution is 2.24. The summed E-state index contributed by atoms with van der Waals surface area (Å²) in [7, 11) is -0.682. The number of benzene rings is 2. The van der Waals surface area contributed by atoms with Gasteiger partial charge in [-0.25, -0.2) is 27.2 Å². The SMILES string of the molecule is Cc1nc(Nc2ccc(NS(=O)(=O)c3c(F)cccc3F)cc2)cc(N(C)C)n1. The zero-order valence-electron chi connectivity index (χ0n) is 15.9. The van der Waals surface area contributed by atoms with Crippen molar-refractivity contribution in [3.8, 4) is 0 Å². The van der Waals surface area contributed by atoms with Crippen LogP contribution in [0.4, 0.5) is 31.8 Å². The maximum atomic E-state index is 13.8. The molecule has 0 fully saturated rings. The molecule has 0 spiro atoms. The first kappa shape index (κ1) is 20.5. The molecule has 0 radical (unpaired) electrons. The number of halogens is 2. The van der Waals surface area contributed by atoms with Gasteiger partial charge in [0.15, 0.2) is 4.90 Å². The van der Waals surface area contributed by atoms with E-state index in [1.807, 2.05) is 19.0 Å². The van der Waals surface area contributed by atoms with Crippen molar-refractivity contribution in [2.45, 2.75) is 11.8 Å². The highest BCUT2D eigenvalue weighted by Gasteiger charge is 2.23. The third kappa shape index (κ3) is 4.77. The average Bonchev–Trinajstić information content (AvgIpc) is 2.62. The quantitative estimate of drug-likeness (QED) is 0.634. The second-order valence-electron chi connectivity index (χ2n) is 6.41. The molecule has 0 unspecified atom stereocenters. The Morgan fingerprint density at radius 3 is 2.10 bits per heavy atom. The summed E-state index contributed by atoms with van der Waals surface area (Å²) in [6, 6.07) is 10.8. The van der Waals surface area contributed by atoms with E-state index in [9.17, 15) is 17.2 Å². The molecule has 3 aromatic rings. The molecule has 0 amide bonds. The van der Waals surface area contributed by atoms with Gasteiger partial charge >= 0.3 is 0 Å². The predicted molar refractivity (Wildman–Crippen MR) is 108 cm³/mol. The number of aromatic nitrogens is 2. The van der Waals surface area contributed by atoms with Gasteiger partial charge in [-0.3, -0.25) is 4.72 Å². The maximum Gasteiger partial charge on any atom is 0.267 e. The number of hydrogen-bond acceptors (Lipinski definition) is 6. The van der Waals surface area contributed by atoms with Crippen molar-refractivity contribution in [1.82, 2.24) is 9.97 Å². The van der Waals surface area contributed by atoms with Crippen LogP contribution in [-0.2, 0) is 10.0 Å². The fourth-order valence-electron chi connectivity index (χ4n) is 2.56. The Bertz CT molecular complexity index is 1120. The van der Waals surface area contributed by atoms with E-state index in [0.29, 0.717) is 17.3 Å². The Kier molecular flexibility index (Phi) is 5.64. The Morgan fingerprint density at radius 1 is 0.931 bits per heavy atom. The lowest BCUT2D eigenvalue weighted by Crippen LogP contribution is -2.16. The fourth-order valence-corrected chi connectivity index (χ4v) is 3.76. The smallest absolute Gasteiger partial charge is 0.267 e. The molecule has 1 aromatic heterocycles. The topological polar surface area (TPSA) is 87.2 Å². The fraction of sp³-hybridized carbons (Fsp3) is 0.158. The third-order valence-electron chi connectivity index (χ3n) is 3.88. The van der Waals surface area contributed by atoms with Gasteiger partial charge in [-0.2, -0.15) is 0 Å². The largest absolute Gasteiger partial charge is 0.363 e. The van der Waals surface area contributed by atoms with E-state index >= 15 is 0 Å². The minimum atomic E-state index is -4.41. The molecule has 0 aliphatic rings. The van der Waals surface area contributed by atoms with E-state index in [1.54, 1.807) is 25.1 Å². The summed E-state index contributed by atoms with van der Waals surface area (Å²) in [5, 5.41) is 3.10. The standard InChI is InChI=1S/C19H19F2N5O2S/c1-12-22-17(11-18(23-12)26(2)3)24-13-7-9-14(10-8-13)25-29(27,28)19-15(20)5-4-6-16(19)21/h4-11,25H,1-3H3,(H,22,23,24). The zero-order chi connectivity index (χ0) is 21.2. The number of anilines is 4. The molecule has 2 N–H and O–H groups in total. The highest BCUT2D eigenvalue weighted by molar-refractivity contribution is 7.92. The van der Waals surface area contributed by atoms with Crippen molar-refractivity contribution in [3.63, 3.8) is 0 Å². The molecule has 1 heterocycles. The van der Waals surface area contributed by atoms with Crippen molar-refractivity contribution in [3.05, 3.63) is 66.0 Å². The third-order valence-corrected chi connectivity index (χ3v) is 5.31. The summed E-state index contributed by atoms with van der Waals surface area (Å²) in [5.41, 5.74) is 0.805. The Morgan fingerprint density at radius 2 is 1.52 bits per heavy atom. The van der Waals surface area contributed by atoms with Gasteiger partial charge in [-0.15, -0.1) is 0 Å². The van der Waals surface area contributed by atoms with Crippen LogP contribution in [0.15, 0.2) is 53.4 Å². The Labute approximate surface area is 167 Å². The summed E-state index contributed by atoms with van der Waals surface area (Å²) in [6.07, 6.45) is 0. The average molecular weight is 419 g/mol. The van der Waals surface area contributed by atoms with E-state index in [0.717, 1.165) is 24.0 Å². The normalized spacial score (nSPS) is 11.2. The van der Waals surface area contributed by atoms with Crippen LogP contribution in [0.1, 0.15) is 5.82 Å². The van der Waals surface area contributed by atoms with Crippen molar-refractivity contribution in [1.29, 1.82) is 0 Å². The molecule has 152 valence electrons. The van der Waals surface area contributed by atoms with Crippen LogP contribution in [0.2, 0.25) is 0 Å². The van der Waals surface area contributed by atoms with Crippen molar-refractivity contribution >= 4 is 33.0 Å². The van der Waals surface area contributed by atoms with Crippen molar-refractivity contribution in [2.75, 3.05) is 29.0 Å². The monoisotopic (exact) mass is 419 g/mol. The van der Waals surface area contributed by atoms with Gasteiger partial charge in [0.25, 0.3) is 10.0 Å². The summed E-state index contributed by atoms with van der Waals surface area (Å²) in [5.74, 6) is -0.424. The summed E-state index contributed by atoms with van der Waals surface area (Å²) >= 11 is 0. The van der Waals surface area contributed by atoms with Gasteiger partial charge in [-0.05, 0) is 43.3 Å². The van der Waals surface area contributed by atoms with Gasteiger partial charge in [0.1, 0.15) is 29.1 Å². The first-order chi connectivity index (χ1) is 13.7. The number of rotatable bonds is 6. The van der Waals surface area contributed by atoms with E-state index in [2.05, 4.69) is 20.0 Å². The second-order valence-corrected chi connectivity index (χ2v) is 8.03. The number of sulfonamides is 1. The molecular weight excluding hydrogens is 400 g/mol. The van der Waals surface area contributed by atoms with E-state index < -0.39 is 26.6 Å². The summed E-state index contributed by atoms with van der Waals surface area (Å²) < 4.78 is 54.4. The lowest BCUT2D eigenvalue weighted by Gasteiger charge is -2.14. The first-order valence-electron chi connectivity index (χ1n) is 8.52.